The summed E-state index contributed by atoms with van der Waals surface area (Å²) in [4.78, 5) is 14.8. The molecule has 1 atom stereocenters. The number of ether oxygens (including phenoxy) is 2. The first kappa shape index (κ1) is 16.8. The van der Waals surface area contributed by atoms with Crippen LogP contribution in [0.2, 0.25) is 0 Å². The van der Waals surface area contributed by atoms with Gasteiger partial charge in [-0.1, -0.05) is 15.9 Å². The molecule has 1 aliphatic rings. The zero-order valence-corrected chi connectivity index (χ0v) is 15.6. The van der Waals surface area contributed by atoms with Crippen LogP contribution in [0.5, 0.6) is 11.5 Å². The van der Waals surface area contributed by atoms with E-state index >= 15 is 0 Å². The molecule has 0 spiro atoms. The largest absolute Gasteiger partial charge is 0.493 e. The first-order valence-electron chi connectivity index (χ1n) is 7.86. The maximum Gasteiger partial charge on any atom is 0.254 e. The Balaban J connectivity index is 1.92. The molecule has 0 N–H and O–H groups in total. The fourth-order valence-electron chi connectivity index (χ4n) is 3.18. The highest BCUT2D eigenvalue weighted by molar-refractivity contribution is 9.10. The lowest BCUT2D eigenvalue weighted by atomic mass is 9.92. The molecule has 0 saturated carbocycles. The number of hydrogen-bond acceptors (Lipinski definition) is 3. The van der Waals surface area contributed by atoms with Crippen LogP contribution in [0.15, 0.2) is 40.9 Å². The third kappa shape index (κ3) is 3.00. The summed E-state index contributed by atoms with van der Waals surface area (Å²) in [6.07, 6.45) is 0.808. The predicted octanol–water partition coefficient (Wildman–Crippen LogP) is 4.23. The van der Waals surface area contributed by atoms with E-state index in [4.69, 9.17) is 9.47 Å². The van der Waals surface area contributed by atoms with Crippen molar-refractivity contribution in [3.05, 3.63) is 57.6 Å². The Kier molecular flexibility index (Phi) is 4.81. The van der Waals surface area contributed by atoms with Crippen molar-refractivity contribution in [2.45, 2.75) is 19.4 Å². The minimum Gasteiger partial charge on any atom is -0.493 e. The van der Waals surface area contributed by atoms with E-state index in [1.165, 1.54) is 5.56 Å². The van der Waals surface area contributed by atoms with Crippen LogP contribution < -0.4 is 9.47 Å². The number of hydrogen-bond donors (Lipinski definition) is 0. The molecule has 3 rings (SSSR count). The van der Waals surface area contributed by atoms with Crippen molar-refractivity contribution >= 4 is 21.8 Å². The van der Waals surface area contributed by atoms with Crippen molar-refractivity contribution < 1.29 is 14.3 Å². The highest BCUT2D eigenvalue weighted by Gasteiger charge is 2.29. The van der Waals surface area contributed by atoms with E-state index in [9.17, 15) is 4.79 Å². The first-order valence-corrected chi connectivity index (χ1v) is 8.65. The monoisotopic (exact) mass is 389 g/mol. The zero-order chi connectivity index (χ0) is 17.3. The number of benzene rings is 2. The van der Waals surface area contributed by atoms with Gasteiger partial charge in [0.25, 0.3) is 5.91 Å². The molecule has 1 aliphatic heterocycles. The second kappa shape index (κ2) is 6.85. The van der Waals surface area contributed by atoms with Crippen molar-refractivity contribution in [1.29, 1.82) is 0 Å². The number of nitrogens with zero attached hydrogens (tertiary/aromatic N) is 1. The fraction of sp³-hybridized carbons (Fsp3) is 0.316. The molecule has 1 unspecified atom stereocenters. The quantitative estimate of drug-likeness (QED) is 0.788. The molecule has 0 radical (unpaired) electrons. The van der Waals surface area contributed by atoms with E-state index in [0.29, 0.717) is 17.9 Å². The Morgan fingerprint density at radius 1 is 1.12 bits per heavy atom. The van der Waals surface area contributed by atoms with Crippen molar-refractivity contribution in [2.75, 3.05) is 20.8 Å². The Hall–Kier alpha value is -2.01. The van der Waals surface area contributed by atoms with Gasteiger partial charge in [0.1, 0.15) is 0 Å². The van der Waals surface area contributed by atoms with Crippen LogP contribution in [-0.2, 0) is 6.42 Å². The first-order chi connectivity index (χ1) is 11.5. The average Bonchev–Trinajstić information content (AvgIpc) is 2.61. The van der Waals surface area contributed by atoms with Crippen molar-refractivity contribution in [1.82, 2.24) is 4.90 Å². The van der Waals surface area contributed by atoms with Crippen molar-refractivity contribution in [2.24, 2.45) is 0 Å². The molecule has 1 amide bonds. The van der Waals surface area contributed by atoms with Crippen LogP contribution >= 0.6 is 15.9 Å². The van der Waals surface area contributed by atoms with Gasteiger partial charge in [-0.25, -0.2) is 0 Å². The molecule has 2 aromatic carbocycles. The number of carbonyl (C=O) groups is 1. The van der Waals surface area contributed by atoms with Crippen LogP contribution in [0, 0.1) is 0 Å². The highest BCUT2D eigenvalue weighted by atomic mass is 79.9. The van der Waals surface area contributed by atoms with E-state index in [-0.39, 0.29) is 11.9 Å². The lowest BCUT2D eigenvalue weighted by Gasteiger charge is -2.36. The third-order valence-corrected chi connectivity index (χ3v) is 5.07. The third-order valence-electron chi connectivity index (χ3n) is 4.54. The van der Waals surface area contributed by atoms with Gasteiger partial charge in [-0.3, -0.25) is 4.79 Å². The van der Waals surface area contributed by atoms with Gasteiger partial charge in [0.15, 0.2) is 11.5 Å². The summed E-state index contributed by atoms with van der Waals surface area (Å²) in [5, 5.41) is 0. The van der Waals surface area contributed by atoms with E-state index in [1.807, 2.05) is 41.3 Å². The van der Waals surface area contributed by atoms with Gasteiger partial charge in [0.05, 0.1) is 20.3 Å². The number of halogens is 1. The van der Waals surface area contributed by atoms with Crippen molar-refractivity contribution in [3.8, 4) is 11.5 Å². The molecule has 0 fully saturated rings. The SMILES string of the molecule is COc1cc2c(cc1OC)C(C)N(C(=O)c1ccc(Br)cc1)CC2. The number of amides is 1. The molecule has 24 heavy (non-hydrogen) atoms. The van der Waals surface area contributed by atoms with Crippen molar-refractivity contribution in [3.63, 3.8) is 0 Å². The van der Waals surface area contributed by atoms with Crippen LogP contribution in [0.25, 0.3) is 0 Å². The number of rotatable bonds is 3. The van der Waals surface area contributed by atoms with Crippen LogP contribution in [-0.4, -0.2) is 31.6 Å². The molecule has 0 aliphatic carbocycles. The molecule has 0 aromatic heterocycles. The van der Waals surface area contributed by atoms with Crippen LogP contribution in [0.4, 0.5) is 0 Å². The summed E-state index contributed by atoms with van der Waals surface area (Å²) in [5.74, 6) is 1.48. The highest BCUT2D eigenvalue weighted by Crippen LogP contribution is 2.38. The van der Waals surface area contributed by atoms with E-state index < -0.39 is 0 Å². The normalized spacial score (nSPS) is 16.5. The van der Waals surface area contributed by atoms with Gasteiger partial charge < -0.3 is 14.4 Å². The summed E-state index contributed by atoms with van der Waals surface area (Å²) >= 11 is 3.40. The smallest absolute Gasteiger partial charge is 0.254 e. The second-order valence-electron chi connectivity index (χ2n) is 5.84. The van der Waals surface area contributed by atoms with E-state index in [0.717, 1.165) is 22.2 Å². The molecule has 5 heteroatoms. The molecule has 126 valence electrons. The Morgan fingerprint density at radius 3 is 2.38 bits per heavy atom. The Bertz CT molecular complexity index is 758. The topological polar surface area (TPSA) is 38.8 Å². The van der Waals surface area contributed by atoms with Gasteiger partial charge in [-0.2, -0.15) is 0 Å². The molecular formula is C19H20BrNO3. The van der Waals surface area contributed by atoms with Crippen LogP contribution in [0.1, 0.15) is 34.5 Å². The van der Waals surface area contributed by atoms with Gasteiger partial charge in [-0.05, 0) is 60.9 Å². The fourth-order valence-corrected chi connectivity index (χ4v) is 3.44. The summed E-state index contributed by atoms with van der Waals surface area (Å²) in [5.41, 5.74) is 3.03. The minimum absolute atomic E-state index is 0.00953. The molecule has 1 heterocycles. The molecule has 2 aromatic rings. The van der Waals surface area contributed by atoms with Crippen LogP contribution in [0.3, 0.4) is 0 Å². The minimum atomic E-state index is -0.00953. The van der Waals surface area contributed by atoms with Gasteiger partial charge >= 0.3 is 0 Å². The molecular weight excluding hydrogens is 370 g/mol. The Labute approximate surface area is 150 Å². The van der Waals surface area contributed by atoms with Gasteiger partial charge in [-0.15, -0.1) is 0 Å². The molecule has 4 nitrogen and oxygen atoms in total. The standard InChI is InChI=1S/C19H20BrNO3/c1-12-16-11-18(24-3)17(23-2)10-14(16)8-9-21(12)19(22)13-4-6-15(20)7-5-13/h4-7,10-12H,8-9H2,1-3H3. The predicted molar refractivity (Wildman–Crippen MR) is 96.8 cm³/mol. The molecule has 0 bridgehead atoms. The molecule has 0 saturated heterocycles. The van der Waals surface area contributed by atoms with E-state index in [1.54, 1.807) is 14.2 Å². The summed E-state index contributed by atoms with van der Waals surface area (Å²) in [6, 6.07) is 11.5. The van der Waals surface area contributed by atoms with Gasteiger partial charge in [0, 0.05) is 16.6 Å². The zero-order valence-electron chi connectivity index (χ0n) is 14.0. The average molecular weight is 390 g/mol. The summed E-state index contributed by atoms with van der Waals surface area (Å²) < 4.78 is 11.8. The van der Waals surface area contributed by atoms with E-state index in [2.05, 4.69) is 22.9 Å². The van der Waals surface area contributed by atoms with Gasteiger partial charge in [0.2, 0.25) is 0 Å². The summed E-state index contributed by atoms with van der Waals surface area (Å²) in [6.45, 7) is 2.75. The maximum atomic E-state index is 12.9. The maximum absolute atomic E-state index is 12.9. The lowest BCUT2D eigenvalue weighted by molar-refractivity contribution is 0.0677. The number of carbonyl (C=O) groups excluding carboxylic acids is 1. The second-order valence-corrected chi connectivity index (χ2v) is 6.75. The number of fused-ring (bicyclic) bond motifs is 1. The lowest BCUT2D eigenvalue weighted by Crippen LogP contribution is -2.38. The number of methoxy groups -OCH3 is 2. The summed E-state index contributed by atoms with van der Waals surface area (Å²) in [7, 11) is 3.27. The Morgan fingerprint density at radius 2 is 1.75 bits per heavy atom.